The molecule has 0 saturated heterocycles. The molecular formula is C22H21ClN2O7. The largest absolute Gasteiger partial charge is 0.493 e. The van der Waals surface area contributed by atoms with Gasteiger partial charge < -0.3 is 19.1 Å². The lowest BCUT2D eigenvalue weighted by molar-refractivity contribution is -0.385. The number of rotatable bonds is 11. The Morgan fingerprint density at radius 2 is 1.75 bits per heavy atom. The number of halogens is 1. The van der Waals surface area contributed by atoms with Crippen LogP contribution in [0.1, 0.15) is 10.4 Å². The molecule has 0 spiro atoms. The minimum atomic E-state index is -0.752. The van der Waals surface area contributed by atoms with Gasteiger partial charge in [-0.3, -0.25) is 14.9 Å². The van der Waals surface area contributed by atoms with Gasteiger partial charge >= 0.3 is 11.7 Å². The Labute approximate surface area is 189 Å². The maximum Gasteiger partial charge on any atom is 0.338 e. The average Bonchev–Trinajstić information content (AvgIpc) is 2.78. The standard InChI is InChI=1S/C22H21ClN2O7/c1-4-10-24(11-5-2)21(26)14-31-22(27)15-6-8-19(20(12-15)30-3)32-18-9-7-16(23)13-17(18)25(28)29/h4-9,12-13H,1-2,10-11,14H2,3H3. The van der Waals surface area contributed by atoms with Crippen LogP contribution in [-0.4, -0.2) is 48.5 Å². The highest BCUT2D eigenvalue weighted by atomic mass is 35.5. The molecule has 168 valence electrons. The number of hydrogen-bond donors (Lipinski definition) is 0. The number of methoxy groups -OCH3 is 1. The van der Waals surface area contributed by atoms with Crippen molar-refractivity contribution in [3.63, 3.8) is 0 Å². The summed E-state index contributed by atoms with van der Waals surface area (Å²) >= 11 is 5.81. The Balaban J connectivity index is 2.16. The Morgan fingerprint density at radius 1 is 1.09 bits per heavy atom. The molecule has 2 aromatic carbocycles. The second-order valence-electron chi connectivity index (χ2n) is 6.29. The summed E-state index contributed by atoms with van der Waals surface area (Å²) in [6.07, 6.45) is 3.11. The maximum atomic E-state index is 12.4. The van der Waals surface area contributed by atoms with Gasteiger partial charge in [0.1, 0.15) is 0 Å². The van der Waals surface area contributed by atoms with E-state index in [-0.39, 0.29) is 33.5 Å². The van der Waals surface area contributed by atoms with Gasteiger partial charge in [-0.05, 0) is 30.3 Å². The van der Waals surface area contributed by atoms with E-state index in [1.165, 1.54) is 42.3 Å². The van der Waals surface area contributed by atoms with Gasteiger partial charge in [-0.2, -0.15) is 0 Å². The summed E-state index contributed by atoms with van der Waals surface area (Å²) in [6, 6.07) is 8.09. The van der Waals surface area contributed by atoms with Crippen molar-refractivity contribution in [1.82, 2.24) is 4.90 Å². The third kappa shape index (κ3) is 6.32. The van der Waals surface area contributed by atoms with Gasteiger partial charge in [-0.25, -0.2) is 4.79 Å². The molecule has 0 radical (unpaired) electrons. The summed E-state index contributed by atoms with van der Waals surface area (Å²) in [5, 5.41) is 11.4. The third-order valence-electron chi connectivity index (χ3n) is 4.12. The number of amides is 1. The second kappa shape index (κ2) is 11.5. The maximum absolute atomic E-state index is 12.4. The molecule has 0 saturated carbocycles. The first-order chi connectivity index (χ1) is 15.3. The molecule has 10 heteroatoms. The zero-order chi connectivity index (χ0) is 23.7. The fourth-order valence-electron chi connectivity index (χ4n) is 2.61. The number of carbonyl (C=O) groups excluding carboxylic acids is 2. The van der Waals surface area contributed by atoms with Crippen LogP contribution in [-0.2, 0) is 9.53 Å². The summed E-state index contributed by atoms with van der Waals surface area (Å²) in [5.74, 6) is -0.940. The molecule has 2 rings (SSSR count). The summed E-state index contributed by atoms with van der Waals surface area (Å²) in [7, 11) is 1.35. The van der Waals surface area contributed by atoms with Crippen molar-refractivity contribution in [2.45, 2.75) is 0 Å². The molecule has 1 amide bonds. The molecule has 0 aliphatic rings. The first-order valence-electron chi connectivity index (χ1n) is 9.27. The fourth-order valence-corrected chi connectivity index (χ4v) is 2.77. The highest BCUT2D eigenvalue weighted by molar-refractivity contribution is 6.30. The van der Waals surface area contributed by atoms with E-state index < -0.39 is 23.4 Å². The number of nitro groups is 1. The molecular weight excluding hydrogens is 440 g/mol. The summed E-state index contributed by atoms with van der Waals surface area (Å²) in [6.45, 7) is 7.28. The van der Waals surface area contributed by atoms with Crippen LogP contribution in [0.4, 0.5) is 5.69 Å². The van der Waals surface area contributed by atoms with Crippen molar-refractivity contribution in [2.24, 2.45) is 0 Å². The van der Waals surface area contributed by atoms with Crippen molar-refractivity contribution >= 4 is 29.2 Å². The molecule has 0 bridgehead atoms. The number of benzene rings is 2. The number of ether oxygens (including phenoxy) is 3. The van der Waals surface area contributed by atoms with E-state index in [2.05, 4.69) is 13.2 Å². The molecule has 0 N–H and O–H groups in total. The molecule has 0 fully saturated rings. The van der Waals surface area contributed by atoms with Crippen LogP contribution in [0.3, 0.4) is 0 Å². The van der Waals surface area contributed by atoms with Crippen LogP contribution in [0.15, 0.2) is 61.7 Å². The van der Waals surface area contributed by atoms with Crippen molar-refractivity contribution in [2.75, 3.05) is 26.8 Å². The number of nitrogens with zero attached hydrogens (tertiary/aromatic N) is 2. The van der Waals surface area contributed by atoms with E-state index in [4.69, 9.17) is 25.8 Å². The number of esters is 1. The van der Waals surface area contributed by atoms with Crippen LogP contribution in [0.25, 0.3) is 0 Å². The van der Waals surface area contributed by atoms with Crippen LogP contribution in [0.2, 0.25) is 5.02 Å². The topological polar surface area (TPSA) is 108 Å². The number of nitro benzene ring substituents is 1. The molecule has 2 aromatic rings. The van der Waals surface area contributed by atoms with E-state index in [0.717, 1.165) is 6.07 Å². The van der Waals surface area contributed by atoms with E-state index in [1.54, 1.807) is 12.2 Å². The van der Waals surface area contributed by atoms with Crippen LogP contribution < -0.4 is 9.47 Å². The van der Waals surface area contributed by atoms with Crippen molar-refractivity contribution in [3.05, 3.63) is 82.4 Å². The molecule has 0 aromatic heterocycles. The molecule has 9 nitrogen and oxygen atoms in total. The SMILES string of the molecule is C=CCN(CC=C)C(=O)COC(=O)c1ccc(Oc2ccc(Cl)cc2[N+](=O)[O-])c(OC)c1. The highest BCUT2D eigenvalue weighted by Crippen LogP contribution is 2.38. The monoisotopic (exact) mass is 460 g/mol. The molecule has 0 unspecified atom stereocenters. The lowest BCUT2D eigenvalue weighted by Crippen LogP contribution is -2.35. The Morgan fingerprint density at radius 3 is 2.34 bits per heavy atom. The molecule has 0 aliphatic heterocycles. The van der Waals surface area contributed by atoms with Gasteiger partial charge in [-0.15, -0.1) is 13.2 Å². The van der Waals surface area contributed by atoms with Crippen LogP contribution in [0, 0.1) is 10.1 Å². The van der Waals surface area contributed by atoms with Gasteiger partial charge in [0.15, 0.2) is 18.1 Å². The quantitative estimate of drug-likeness (QED) is 0.211. The smallest absolute Gasteiger partial charge is 0.338 e. The van der Waals surface area contributed by atoms with Gasteiger partial charge in [0.2, 0.25) is 5.75 Å². The van der Waals surface area contributed by atoms with Crippen LogP contribution in [0.5, 0.6) is 17.2 Å². The Kier molecular flexibility index (Phi) is 8.79. The minimum absolute atomic E-state index is 0.0526. The predicted octanol–water partition coefficient (Wildman–Crippen LogP) is 4.41. The summed E-state index contributed by atoms with van der Waals surface area (Å²) in [4.78, 5) is 36.6. The zero-order valence-corrected chi connectivity index (χ0v) is 18.0. The van der Waals surface area contributed by atoms with Gasteiger partial charge in [-0.1, -0.05) is 23.8 Å². The second-order valence-corrected chi connectivity index (χ2v) is 6.73. The molecule has 0 aliphatic carbocycles. The van der Waals surface area contributed by atoms with Gasteiger partial charge in [0.05, 0.1) is 17.6 Å². The van der Waals surface area contributed by atoms with Crippen molar-refractivity contribution in [3.8, 4) is 17.2 Å². The fraction of sp³-hybridized carbons (Fsp3) is 0.182. The average molecular weight is 461 g/mol. The van der Waals surface area contributed by atoms with E-state index in [1.807, 2.05) is 0 Å². The third-order valence-corrected chi connectivity index (χ3v) is 4.35. The number of hydrogen-bond acceptors (Lipinski definition) is 7. The van der Waals surface area contributed by atoms with Gasteiger partial charge in [0.25, 0.3) is 5.91 Å². The van der Waals surface area contributed by atoms with Crippen molar-refractivity contribution < 1.29 is 28.7 Å². The molecule has 0 atom stereocenters. The van der Waals surface area contributed by atoms with E-state index in [9.17, 15) is 19.7 Å². The Hall–Kier alpha value is -3.85. The summed E-state index contributed by atoms with van der Waals surface area (Å²) in [5.41, 5.74) is -0.225. The van der Waals surface area contributed by atoms with Crippen LogP contribution >= 0.6 is 11.6 Å². The van der Waals surface area contributed by atoms with Crippen molar-refractivity contribution in [1.29, 1.82) is 0 Å². The lowest BCUT2D eigenvalue weighted by atomic mass is 10.2. The lowest BCUT2D eigenvalue weighted by Gasteiger charge is -2.19. The minimum Gasteiger partial charge on any atom is -0.493 e. The normalized spacial score (nSPS) is 10.1. The summed E-state index contributed by atoms with van der Waals surface area (Å²) < 4.78 is 15.9. The number of carbonyl (C=O) groups is 2. The predicted molar refractivity (Wildman–Crippen MR) is 118 cm³/mol. The first kappa shape index (κ1) is 24.4. The first-order valence-corrected chi connectivity index (χ1v) is 9.65. The van der Waals surface area contributed by atoms with Gasteiger partial charge in [0, 0.05) is 24.2 Å². The highest BCUT2D eigenvalue weighted by Gasteiger charge is 2.20. The molecule has 0 heterocycles. The zero-order valence-electron chi connectivity index (χ0n) is 17.3. The molecule has 32 heavy (non-hydrogen) atoms. The van der Waals surface area contributed by atoms with E-state index in [0.29, 0.717) is 13.1 Å². The van der Waals surface area contributed by atoms with E-state index >= 15 is 0 Å². The Bertz CT molecular complexity index is 1030.